The van der Waals surface area contributed by atoms with Gasteiger partial charge in [0.15, 0.2) is 10.6 Å². The van der Waals surface area contributed by atoms with Crippen LogP contribution >= 0.6 is 12.2 Å². The van der Waals surface area contributed by atoms with Gasteiger partial charge in [-0.05, 0) is 36.5 Å². The maximum atomic E-state index is 13.2. The standard InChI is InChI=1S/C17H13F4N3O2S/c1-25-12-6-3-5-11(9-12)24-14(22-23-16(24)27)10-4-2-7-13(8-10)26-17(20,21)15(18)19/h2-9,15H,1H3,(H,23,27). The first-order valence-electron chi connectivity index (χ1n) is 7.59. The molecule has 0 saturated carbocycles. The van der Waals surface area contributed by atoms with Crippen LogP contribution in [-0.4, -0.2) is 34.4 Å². The van der Waals surface area contributed by atoms with Gasteiger partial charge < -0.3 is 9.47 Å². The molecule has 1 N–H and O–H groups in total. The molecule has 0 fully saturated rings. The highest BCUT2D eigenvalue weighted by Gasteiger charge is 2.44. The smallest absolute Gasteiger partial charge is 0.461 e. The number of aromatic amines is 1. The molecule has 0 amide bonds. The van der Waals surface area contributed by atoms with Gasteiger partial charge in [0.2, 0.25) is 0 Å². The molecule has 10 heteroatoms. The second-order valence-electron chi connectivity index (χ2n) is 5.38. The number of alkyl halides is 4. The lowest BCUT2D eigenvalue weighted by atomic mass is 10.2. The molecule has 0 unspecified atom stereocenters. The number of halogens is 4. The molecule has 2 aromatic carbocycles. The lowest BCUT2D eigenvalue weighted by Gasteiger charge is -2.17. The number of rotatable bonds is 6. The van der Waals surface area contributed by atoms with Gasteiger partial charge in [0.1, 0.15) is 11.5 Å². The SMILES string of the molecule is COc1cccc(-n2c(-c3cccc(OC(F)(F)C(F)F)c3)n[nH]c2=S)c1. The molecule has 0 radical (unpaired) electrons. The van der Waals surface area contributed by atoms with Crippen molar-refractivity contribution in [2.45, 2.75) is 12.5 Å². The lowest BCUT2D eigenvalue weighted by Crippen LogP contribution is -2.33. The Morgan fingerprint density at radius 3 is 2.52 bits per heavy atom. The second kappa shape index (κ2) is 7.39. The normalized spacial score (nSPS) is 11.6. The fraction of sp³-hybridized carbons (Fsp3) is 0.176. The average Bonchev–Trinajstić information content (AvgIpc) is 3.03. The van der Waals surface area contributed by atoms with Gasteiger partial charge in [-0.3, -0.25) is 9.67 Å². The van der Waals surface area contributed by atoms with Crippen LogP contribution < -0.4 is 9.47 Å². The molecule has 0 bridgehead atoms. The molecule has 3 rings (SSSR count). The molecule has 0 spiro atoms. The molecule has 142 valence electrons. The maximum Gasteiger partial charge on any atom is 0.461 e. The second-order valence-corrected chi connectivity index (χ2v) is 5.77. The topological polar surface area (TPSA) is 52.1 Å². The summed E-state index contributed by atoms with van der Waals surface area (Å²) in [4.78, 5) is 0. The molecule has 0 atom stereocenters. The number of benzene rings is 2. The number of hydrogen-bond acceptors (Lipinski definition) is 4. The van der Waals surface area contributed by atoms with Crippen LogP contribution in [-0.2, 0) is 0 Å². The fourth-order valence-electron chi connectivity index (χ4n) is 2.38. The number of hydrogen-bond donors (Lipinski definition) is 1. The van der Waals surface area contributed by atoms with Crippen molar-refractivity contribution < 1.29 is 27.0 Å². The minimum Gasteiger partial charge on any atom is -0.497 e. The van der Waals surface area contributed by atoms with Crippen LogP contribution in [0.2, 0.25) is 0 Å². The zero-order valence-corrected chi connectivity index (χ0v) is 14.6. The van der Waals surface area contributed by atoms with Crippen molar-refractivity contribution in [1.29, 1.82) is 0 Å². The summed E-state index contributed by atoms with van der Waals surface area (Å²) in [5.41, 5.74) is 0.958. The van der Waals surface area contributed by atoms with Gasteiger partial charge in [-0.15, -0.1) is 0 Å². The first-order chi connectivity index (χ1) is 12.8. The van der Waals surface area contributed by atoms with E-state index >= 15 is 0 Å². The van der Waals surface area contributed by atoms with Gasteiger partial charge in [-0.25, -0.2) is 0 Å². The molecule has 27 heavy (non-hydrogen) atoms. The first-order valence-corrected chi connectivity index (χ1v) is 8.00. The van der Waals surface area contributed by atoms with Crippen molar-refractivity contribution in [3.05, 3.63) is 53.3 Å². The van der Waals surface area contributed by atoms with Gasteiger partial charge in [-0.1, -0.05) is 18.2 Å². The average molecular weight is 399 g/mol. The fourth-order valence-corrected chi connectivity index (χ4v) is 2.62. The zero-order chi connectivity index (χ0) is 19.6. The number of methoxy groups -OCH3 is 1. The minimum absolute atomic E-state index is 0.252. The molecule has 0 aliphatic carbocycles. The van der Waals surface area contributed by atoms with Crippen LogP contribution in [0.4, 0.5) is 17.6 Å². The van der Waals surface area contributed by atoms with E-state index in [0.717, 1.165) is 6.07 Å². The van der Waals surface area contributed by atoms with Crippen molar-refractivity contribution in [2.75, 3.05) is 7.11 Å². The van der Waals surface area contributed by atoms with Crippen molar-refractivity contribution in [3.8, 4) is 28.6 Å². The van der Waals surface area contributed by atoms with E-state index in [1.807, 2.05) is 0 Å². The number of nitrogens with one attached hydrogen (secondary N) is 1. The highest BCUT2D eigenvalue weighted by atomic mass is 32.1. The Labute approximate surface area is 156 Å². The van der Waals surface area contributed by atoms with Gasteiger partial charge in [0.05, 0.1) is 12.8 Å². The monoisotopic (exact) mass is 399 g/mol. The number of ether oxygens (including phenoxy) is 2. The Hall–Kier alpha value is -2.88. The summed E-state index contributed by atoms with van der Waals surface area (Å²) < 4.78 is 62.2. The summed E-state index contributed by atoms with van der Waals surface area (Å²) in [6.07, 6.45) is -8.55. The summed E-state index contributed by atoms with van der Waals surface area (Å²) in [7, 11) is 1.51. The predicted molar refractivity (Wildman–Crippen MR) is 92.3 cm³/mol. The Morgan fingerprint density at radius 1 is 1.11 bits per heavy atom. The Balaban J connectivity index is 2.04. The van der Waals surface area contributed by atoms with Gasteiger partial charge in [0, 0.05) is 11.6 Å². The minimum atomic E-state index is -4.60. The number of H-pyrrole nitrogens is 1. The molecule has 5 nitrogen and oxygen atoms in total. The quantitative estimate of drug-likeness (QED) is 0.476. The van der Waals surface area contributed by atoms with E-state index in [-0.39, 0.29) is 4.77 Å². The molecule has 1 heterocycles. The maximum absolute atomic E-state index is 13.2. The van der Waals surface area contributed by atoms with E-state index in [1.54, 1.807) is 34.9 Å². The molecular formula is C17H13F4N3O2S. The summed E-state index contributed by atoms with van der Waals surface area (Å²) in [6, 6.07) is 12.2. The van der Waals surface area contributed by atoms with E-state index in [9.17, 15) is 17.6 Å². The largest absolute Gasteiger partial charge is 0.497 e. The van der Waals surface area contributed by atoms with Crippen molar-refractivity contribution in [2.24, 2.45) is 0 Å². The van der Waals surface area contributed by atoms with Crippen molar-refractivity contribution in [1.82, 2.24) is 14.8 Å². The molecule has 0 aliphatic heterocycles. The Kier molecular flexibility index (Phi) is 5.17. The highest BCUT2D eigenvalue weighted by molar-refractivity contribution is 7.71. The Morgan fingerprint density at radius 2 is 1.81 bits per heavy atom. The molecule has 0 aliphatic rings. The van der Waals surface area contributed by atoms with Crippen LogP contribution in [0.1, 0.15) is 0 Å². The number of aromatic nitrogens is 3. The van der Waals surface area contributed by atoms with Crippen LogP contribution in [0.15, 0.2) is 48.5 Å². The van der Waals surface area contributed by atoms with Crippen LogP contribution in [0.3, 0.4) is 0 Å². The lowest BCUT2D eigenvalue weighted by molar-refractivity contribution is -0.253. The number of nitrogens with zero attached hydrogens (tertiary/aromatic N) is 2. The van der Waals surface area contributed by atoms with Crippen LogP contribution in [0, 0.1) is 4.77 Å². The highest BCUT2D eigenvalue weighted by Crippen LogP contribution is 2.31. The molecular weight excluding hydrogens is 386 g/mol. The van der Waals surface area contributed by atoms with E-state index in [1.165, 1.54) is 19.2 Å². The third-order valence-corrected chi connectivity index (χ3v) is 3.86. The van der Waals surface area contributed by atoms with Crippen molar-refractivity contribution >= 4 is 12.2 Å². The van der Waals surface area contributed by atoms with E-state index < -0.39 is 18.3 Å². The van der Waals surface area contributed by atoms with Crippen LogP contribution in [0.5, 0.6) is 11.5 Å². The Bertz CT molecular complexity index is 1000. The van der Waals surface area contributed by atoms with Crippen molar-refractivity contribution in [3.63, 3.8) is 0 Å². The first kappa shape index (κ1) is 18.9. The van der Waals surface area contributed by atoms with Gasteiger partial charge >= 0.3 is 12.5 Å². The summed E-state index contributed by atoms with van der Waals surface area (Å²) in [5.74, 6) is 0.443. The molecule has 3 aromatic rings. The summed E-state index contributed by atoms with van der Waals surface area (Å²) in [6.45, 7) is 0. The van der Waals surface area contributed by atoms with Gasteiger partial charge in [-0.2, -0.15) is 22.7 Å². The predicted octanol–water partition coefficient (Wildman–Crippen LogP) is 4.84. The summed E-state index contributed by atoms with van der Waals surface area (Å²) >= 11 is 5.24. The van der Waals surface area contributed by atoms with Crippen LogP contribution in [0.25, 0.3) is 17.1 Å². The third-order valence-electron chi connectivity index (χ3n) is 3.58. The van der Waals surface area contributed by atoms with E-state index in [0.29, 0.717) is 22.8 Å². The molecule has 0 saturated heterocycles. The van der Waals surface area contributed by atoms with Gasteiger partial charge in [0.25, 0.3) is 0 Å². The third kappa shape index (κ3) is 3.95. The molecule has 1 aromatic heterocycles. The summed E-state index contributed by atoms with van der Waals surface area (Å²) in [5, 5.41) is 6.73. The zero-order valence-electron chi connectivity index (χ0n) is 13.8. The van der Waals surface area contributed by atoms with E-state index in [2.05, 4.69) is 14.9 Å². The van der Waals surface area contributed by atoms with E-state index in [4.69, 9.17) is 17.0 Å².